The Kier molecular flexibility index (Phi) is 9.85. The fourth-order valence-corrected chi connectivity index (χ4v) is 5.06. The van der Waals surface area contributed by atoms with Gasteiger partial charge in [-0.25, -0.2) is 0 Å². The van der Waals surface area contributed by atoms with E-state index in [0.29, 0.717) is 23.0 Å². The summed E-state index contributed by atoms with van der Waals surface area (Å²) in [7, 11) is 0. The minimum atomic E-state index is -1.63. The highest BCUT2D eigenvalue weighted by molar-refractivity contribution is 5.90. The van der Waals surface area contributed by atoms with E-state index in [4.69, 9.17) is 23.4 Å². The number of carbonyl (C=O) groups excluding carboxylic acids is 1. The second-order valence-electron chi connectivity index (χ2n) is 9.80. The first-order valence-electron chi connectivity index (χ1n) is 13.3. The highest BCUT2D eigenvalue weighted by Crippen LogP contribution is 2.44. The third kappa shape index (κ3) is 6.24. The largest absolute Gasteiger partial charge is 0.483 e. The maximum atomic E-state index is 12.2. The van der Waals surface area contributed by atoms with Crippen LogP contribution in [0.5, 0.6) is 11.5 Å². The van der Waals surface area contributed by atoms with Crippen molar-refractivity contribution in [1.29, 1.82) is 0 Å². The van der Waals surface area contributed by atoms with Gasteiger partial charge in [-0.2, -0.15) is 0 Å². The lowest BCUT2D eigenvalue weighted by atomic mass is 9.97. The van der Waals surface area contributed by atoms with E-state index in [0.717, 1.165) is 37.7 Å². The molecule has 4 rings (SSSR count). The molecule has 2 heterocycles. The molecular weight excluding hydrogens is 500 g/mol. The number of hydrogen-bond acceptors (Lipinski definition) is 11. The van der Waals surface area contributed by atoms with E-state index in [9.17, 15) is 30.3 Å². The molecule has 5 N–H and O–H groups in total. The normalized spacial score (nSPS) is 26.4. The average molecular weight is 539 g/mol. The van der Waals surface area contributed by atoms with Gasteiger partial charge in [0.05, 0.1) is 25.6 Å². The summed E-state index contributed by atoms with van der Waals surface area (Å²) in [5.74, 6) is 0.0416. The van der Waals surface area contributed by atoms with E-state index >= 15 is 0 Å². The van der Waals surface area contributed by atoms with Crippen molar-refractivity contribution in [3.8, 4) is 11.5 Å². The van der Waals surface area contributed by atoms with Gasteiger partial charge in [0.25, 0.3) is 0 Å². The van der Waals surface area contributed by atoms with Crippen LogP contribution in [0.25, 0.3) is 11.0 Å². The highest BCUT2D eigenvalue weighted by Gasteiger charge is 2.45. The van der Waals surface area contributed by atoms with E-state index in [1.54, 1.807) is 19.3 Å². The van der Waals surface area contributed by atoms with Gasteiger partial charge in [-0.15, -0.1) is 0 Å². The highest BCUT2D eigenvalue weighted by atomic mass is 16.7. The number of hydrogen-bond donors (Lipinski definition) is 5. The minimum absolute atomic E-state index is 0.0421. The monoisotopic (exact) mass is 538 g/mol. The van der Waals surface area contributed by atoms with Gasteiger partial charge in [-0.05, 0) is 57.1 Å². The Hall–Kier alpha value is -2.41. The average Bonchev–Trinajstić information content (AvgIpc) is 3.32. The third-order valence-corrected chi connectivity index (χ3v) is 7.14. The lowest BCUT2D eigenvalue weighted by molar-refractivity contribution is -0.277. The molecule has 212 valence electrons. The molecule has 2 aliphatic rings. The number of aryl methyl sites for hydroxylation is 1. The topological polar surface area (TPSA) is 168 Å². The van der Waals surface area contributed by atoms with E-state index in [2.05, 4.69) is 0 Å². The summed E-state index contributed by atoms with van der Waals surface area (Å²) in [6.07, 6.45) is -0.598. The first-order chi connectivity index (χ1) is 18.4. The first-order valence-corrected chi connectivity index (χ1v) is 13.3. The van der Waals surface area contributed by atoms with Crippen molar-refractivity contribution in [2.24, 2.45) is 0 Å². The van der Waals surface area contributed by atoms with Gasteiger partial charge in [0.15, 0.2) is 11.3 Å². The summed E-state index contributed by atoms with van der Waals surface area (Å²) in [6.45, 7) is 1.27. The number of fused-ring (bicyclic) bond motifs is 1. The number of carbonyl (C=O) groups is 1. The van der Waals surface area contributed by atoms with Crippen molar-refractivity contribution in [2.75, 3.05) is 19.8 Å². The lowest BCUT2D eigenvalue weighted by Crippen LogP contribution is -2.60. The molecule has 5 atom stereocenters. The maximum absolute atomic E-state index is 12.2. The molecule has 0 amide bonds. The molecule has 1 aliphatic carbocycles. The summed E-state index contributed by atoms with van der Waals surface area (Å²) in [5, 5.41) is 51.0. The zero-order valence-electron chi connectivity index (χ0n) is 21.6. The first kappa shape index (κ1) is 28.6. The quantitative estimate of drug-likeness (QED) is 0.262. The molecular formula is C27H38O11. The van der Waals surface area contributed by atoms with Gasteiger partial charge in [0.1, 0.15) is 24.4 Å². The Labute approximate surface area is 220 Å². The smallest absolute Gasteiger partial charge is 0.306 e. The van der Waals surface area contributed by atoms with Crippen LogP contribution in [0.4, 0.5) is 0 Å². The maximum Gasteiger partial charge on any atom is 0.306 e. The van der Waals surface area contributed by atoms with E-state index in [1.165, 1.54) is 0 Å². The van der Waals surface area contributed by atoms with Gasteiger partial charge in [-0.3, -0.25) is 4.79 Å². The van der Waals surface area contributed by atoms with Gasteiger partial charge in [0.2, 0.25) is 12.0 Å². The molecule has 5 unspecified atom stereocenters. The number of aliphatic hydroxyl groups excluding tert-OH is 5. The summed E-state index contributed by atoms with van der Waals surface area (Å²) in [6, 6.07) is 1.79. The zero-order chi connectivity index (χ0) is 27.2. The van der Waals surface area contributed by atoms with Crippen molar-refractivity contribution >= 4 is 16.9 Å². The third-order valence-electron chi connectivity index (χ3n) is 7.14. The Morgan fingerprint density at radius 3 is 2.42 bits per heavy atom. The standard InChI is InChI=1S/C27H38O11/c1-2-34-20(30)9-8-15-12-18-16(10-11-28)14-35-25(18)26(36-17-6-4-3-5-7-17)24(15)38-27-23(33)22(32)21(31)19(13-29)37-27/h12,14,17,19,21-23,27-29,31-33H,2-11,13H2,1H3. The number of furan rings is 1. The van der Waals surface area contributed by atoms with E-state index in [1.807, 2.05) is 0 Å². The van der Waals surface area contributed by atoms with Gasteiger partial charge in [-0.1, -0.05) is 6.42 Å². The van der Waals surface area contributed by atoms with Crippen molar-refractivity contribution in [1.82, 2.24) is 0 Å². The number of ether oxygens (including phenoxy) is 4. The van der Waals surface area contributed by atoms with Crippen LogP contribution in [0.3, 0.4) is 0 Å². The van der Waals surface area contributed by atoms with Crippen LogP contribution < -0.4 is 9.47 Å². The molecule has 0 radical (unpaired) electrons. The minimum Gasteiger partial charge on any atom is -0.483 e. The number of rotatable bonds is 11. The van der Waals surface area contributed by atoms with Crippen molar-refractivity contribution < 1.29 is 53.7 Å². The molecule has 1 saturated carbocycles. The SMILES string of the molecule is CCOC(=O)CCc1cc2c(CCO)coc2c(OC2CCCCC2)c1OC1OC(CO)C(O)C(O)C1O. The van der Waals surface area contributed by atoms with Crippen LogP contribution in [-0.2, 0) is 27.1 Å². The molecule has 1 aromatic carbocycles. The molecule has 1 aromatic heterocycles. The van der Waals surface area contributed by atoms with Crippen molar-refractivity contribution in [2.45, 2.75) is 95.1 Å². The van der Waals surface area contributed by atoms with Gasteiger partial charge in [0, 0.05) is 24.0 Å². The van der Waals surface area contributed by atoms with Gasteiger partial charge < -0.3 is 48.9 Å². The Morgan fingerprint density at radius 2 is 1.74 bits per heavy atom. The van der Waals surface area contributed by atoms with Crippen LogP contribution >= 0.6 is 0 Å². The molecule has 2 fully saturated rings. The summed E-state index contributed by atoms with van der Waals surface area (Å²) in [5.41, 5.74) is 1.69. The Morgan fingerprint density at radius 1 is 0.974 bits per heavy atom. The molecule has 0 spiro atoms. The fourth-order valence-electron chi connectivity index (χ4n) is 5.06. The van der Waals surface area contributed by atoms with Crippen molar-refractivity contribution in [3.05, 3.63) is 23.5 Å². The Bertz CT molecular complexity index is 1060. The van der Waals surface area contributed by atoms with Crippen LogP contribution in [-0.4, -0.2) is 88.1 Å². The summed E-state index contributed by atoms with van der Waals surface area (Å²) in [4.78, 5) is 12.2. The van der Waals surface area contributed by atoms with Crippen molar-refractivity contribution in [3.63, 3.8) is 0 Å². The number of aliphatic hydroxyl groups is 5. The molecule has 1 aliphatic heterocycles. The molecule has 1 saturated heterocycles. The second-order valence-corrected chi connectivity index (χ2v) is 9.80. The molecule has 0 bridgehead atoms. The molecule has 38 heavy (non-hydrogen) atoms. The van der Waals surface area contributed by atoms with Gasteiger partial charge >= 0.3 is 5.97 Å². The van der Waals surface area contributed by atoms with Crippen LogP contribution in [0.15, 0.2) is 16.7 Å². The summed E-state index contributed by atoms with van der Waals surface area (Å²) < 4.78 is 29.2. The predicted molar refractivity (Wildman–Crippen MR) is 134 cm³/mol. The van der Waals surface area contributed by atoms with E-state index < -0.39 is 43.3 Å². The predicted octanol–water partition coefficient (Wildman–Crippen LogP) is 1.35. The number of benzene rings is 1. The molecule has 11 heteroatoms. The lowest BCUT2D eigenvalue weighted by Gasteiger charge is -2.40. The second kappa shape index (κ2) is 13.1. The van der Waals surface area contributed by atoms with Crippen LogP contribution in [0.2, 0.25) is 0 Å². The van der Waals surface area contributed by atoms with Crippen LogP contribution in [0, 0.1) is 0 Å². The molecule has 2 aromatic rings. The Balaban J connectivity index is 1.78. The number of esters is 1. The summed E-state index contributed by atoms with van der Waals surface area (Å²) >= 11 is 0. The van der Waals surface area contributed by atoms with Crippen LogP contribution in [0.1, 0.15) is 56.6 Å². The zero-order valence-corrected chi connectivity index (χ0v) is 21.6. The van der Waals surface area contributed by atoms with E-state index in [-0.39, 0.29) is 43.7 Å². The fraction of sp³-hybridized carbons (Fsp3) is 0.667. The molecule has 11 nitrogen and oxygen atoms in total.